The summed E-state index contributed by atoms with van der Waals surface area (Å²) in [6.07, 6.45) is 3.89. The van der Waals surface area contributed by atoms with Crippen LogP contribution in [0.2, 0.25) is 0 Å². The molecule has 178 valence electrons. The Morgan fingerprint density at radius 3 is 2.00 bits per heavy atom. The lowest BCUT2D eigenvalue weighted by molar-refractivity contribution is -0.109. The molecule has 4 rings (SSSR count). The smallest absolute Gasteiger partial charge is 0.207 e. The third-order valence-electron chi connectivity index (χ3n) is 7.28. The van der Waals surface area contributed by atoms with Crippen molar-refractivity contribution in [3.63, 3.8) is 0 Å². The Morgan fingerprint density at radius 1 is 0.912 bits per heavy atom. The Kier molecular flexibility index (Phi) is 7.76. The zero-order chi connectivity index (χ0) is 23.9. The summed E-state index contributed by atoms with van der Waals surface area (Å²) >= 11 is 0. The molecule has 1 aliphatic rings. The summed E-state index contributed by atoms with van der Waals surface area (Å²) in [6.45, 7) is 3.05. The number of rotatable bonds is 10. The number of carbonyl (C=O) groups excluding carboxylic acids is 1. The molecule has 4 nitrogen and oxygen atoms in total. The normalized spacial score (nSPS) is 16.2. The molecule has 3 aromatic rings. The Morgan fingerprint density at radius 2 is 1.47 bits per heavy atom. The zero-order valence-corrected chi connectivity index (χ0v) is 19.5. The van der Waals surface area contributed by atoms with Gasteiger partial charge in [0.2, 0.25) is 6.41 Å². The highest BCUT2D eigenvalue weighted by atomic mass is 19.1. The summed E-state index contributed by atoms with van der Waals surface area (Å²) in [4.78, 5) is 13.7. The van der Waals surface area contributed by atoms with Gasteiger partial charge in [0.05, 0.1) is 5.60 Å². The Labute approximate surface area is 201 Å². The first-order valence-corrected chi connectivity index (χ1v) is 12.0. The molecular weight excluding hydrogens is 427 g/mol. The second-order valence-electron chi connectivity index (χ2n) is 9.30. The van der Waals surface area contributed by atoms with Gasteiger partial charge in [-0.05, 0) is 61.1 Å². The number of halogens is 1. The first-order valence-electron chi connectivity index (χ1n) is 12.0. The number of nitrogens with one attached hydrogen (secondary N) is 1. The number of amides is 1. The minimum atomic E-state index is -0.893. The maximum Gasteiger partial charge on any atom is 0.207 e. The van der Waals surface area contributed by atoms with Crippen LogP contribution in [-0.2, 0) is 15.8 Å². The quantitative estimate of drug-likeness (QED) is 0.434. The molecular formula is C29H33FN2O2. The summed E-state index contributed by atoms with van der Waals surface area (Å²) in [5.74, 6) is -0.283. The number of benzene rings is 3. The van der Waals surface area contributed by atoms with E-state index in [1.807, 2.05) is 12.1 Å². The van der Waals surface area contributed by atoms with Crippen molar-refractivity contribution in [2.24, 2.45) is 0 Å². The molecule has 0 radical (unpaired) electrons. The fraction of sp³-hybridized carbons (Fsp3) is 0.345. The van der Waals surface area contributed by atoms with E-state index in [0.717, 1.165) is 44.4 Å². The summed E-state index contributed by atoms with van der Waals surface area (Å²) in [7, 11) is 0. The van der Waals surface area contributed by atoms with Gasteiger partial charge < -0.3 is 15.3 Å². The molecule has 0 bridgehead atoms. The highest BCUT2D eigenvalue weighted by Gasteiger charge is 2.36. The molecule has 5 heteroatoms. The van der Waals surface area contributed by atoms with Crippen molar-refractivity contribution in [2.45, 2.75) is 36.7 Å². The number of aliphatic hydroxyl groups is 1. The van der Waals surface area contributed by atoms with Crippen molar-refractivity contribution in [1.82, 2.24) is 10.2 Å². The fourth-order valence-corrected chi connectivity index (χ4v) is 5.28. The van der Waals surface area contributed by atoms with Gasteiger partial charge in [-0.15, -0.1) is 0 Å². The number of likely N-dealkylation sites (tertiary alicyclic amines) is 1. The molecule has 2 N–H and O–H groups in total. The molecule has 0 atom stereocenters. The van der Waals surface area contributed by atoms with Crippen LogP contribution in [0.4, 0.5) is 4.39 Å². The summed E-state index contributed by atoms with van der Waals surface area (Å²) < 4.78 is 13.3. The minimum absolute atomic E-state index is 0.283. The highest BCUT2D eigenvalue weighted by molar-refractivity contribution is 5.48. The number of hydrogen-bond acceptors (Lipinski definition) is 3. The van der Waals surface area contributed by atoms with Crippen LogP contribution in [0, 0.1) is 5.82 Å². The van der Waals surface area contributed by atoms with Crippen LogP contribution in [0.3, 0.4) is 0 Å². The molecule has 0 aliphatic carbocycles. The van der Waals surface area contributed by atoms with E-state index in [2.05, 4.69) is 58.7 Å². The predicted octanol–water partition coefficient (Wildman–Crippen LogP) is 4.62. The van der Waals surface area contributed by atoms with Crippen LogP contribution in [-0.4, -0.2) is 42.6 Å². The number of piperidine rings is 1. The lowest BCUT2D eigenvalue weighted by atomic mass is 9.71. The van der Waals surface area contributed by atoms with Gasteiger partial charge in [-0.25, -0.2) is 4.39 Å². The van der Waals surface area contributed by atoms with Crippen molar-refractivity contribution >= 4 is 6.41 Å². The monoisotopic (exact) mass is 460 g/mol. The van der Waals surface area contributed by atoms with Crippen LogP contribution < -0.4 is 5.32 Å². The zero-order valence-electron chi connectivity index (χ0n) is 19.5. The molecule has 1 fully saturated rings. The maximum absolute atomic E-state index is 13.3. The summed E-state index contributed by atoms with van der Waals surface area (Å²) in [6, 6.07) is 27.0. The Balaban J connectivity index is 1.44. The van der Waals surface area contributed by atoms with Crippen LogP contribution in [0.5, 0.6) is 0 Å². The summed E-state index contributed by atoms with van der Waals surface area (Å²) in [5, 5.41) is 14.1. The van der Waals surface area contributed by atoms with Gasteiger partial charge in [0, 0.05) is 25.0 Å². The van der Waals surface area contributed by atoms with Gasteiger partial charge >= 0.3 is 0 Å². The second kappa shape index (κ2) is 10.9. The third-order valence-corrected chi connectivity index (χ3v) is 7.28. The summed E-state index contributed by atoms with van der Waals surface area (Å²) in [5.41, 5.74) is 1.98. The largest absolute Gasteiger partial charge is 0.385 e. The van der Waals surface area contributed by atoms with E-state index in [1.54, 1.807) is 12.1 Å². The first-order chi connectivity index (χ1) is 16.6. The maximum atomic E-state index is 13.3. The molecule has 1 heterocycles. The van der Waals surface area contributed by atoms with Gasteiger partial charge in [-0.2, -0.15) is 0 Å². The molecule has 1 aliphatic heterocycles. The second-order valence-corrected chi connectivity index (χ2v) is 9.30. The third kappa shape index (κ3) is 5.37. The van der Waals surface area contributed by atoms with Gasteiger partial charge in [-0.3, -0.25) is 4.79 Å². The Hall–Kier alpha value is -3.02. The van der Waals surface area contributed by atoms with Crippen molar-refractivity contribution < 1.29 is 14.3 Å². The van der Waals surface area contributed by atoms with Gasteiger partial charge in [0.25, 0.3) is 0 Å². The predicted molar refractivity (Wildman–Crippen MR) is 133 cm³/mol. The molecule has 0 unspecified atom stereocenters. The van der Waals surface area contributed by atoms with E-state index >= 15 is 0 Å². The van der Waals surface area contributed by atoms with Crippen LogP contribution in [0.25, 0.3) is 0 Å². The fourth-order valence-electron chi connectivity index (χ4n) is 5.28. The van der Waals surface area contributed by atoms with E-state index in [0.29, 0.717) is 19.4 Å². The van der Waals surface area contributed by atoms with E-state index in [9.17, 15) is 14.3 Å². The van der Waals surface area contributed by atoms with Crippen molar-refractivity contribution in [3.05, 3.63) is 107 Å². The van der Waals surface area contributed by atoms with E-state index in [4.69, 9.17) is 0 Å². The minimum Gasteiger partial charge on any atom is -0.385 e. The topological polar surface area (TPSA) is 52.6 Å². The first kappa shape index (κ1) is 24.1. The lowest BCUT2D eigenvalue weighted by Gasteiger charge is -2.40. The molecule has 0 aromatic heterocycles. The SMILES string of the molecule is O=CNCC(CCCN1CCC(O)(c2ccc(F)cc2)CC1)(c1ccccc1)c1ccccc1. The molecule has 34 heavy (non-hydrogen) atoms. The molecule has 1 amide bonds. The average molecular weight is 461 g/mol. The van der Waals surface area contributed by atoms with Crippen LogP contribution in [0.15, 0.2) is 84.9 Å². The number of hydrogen-bond donors (Lipinski definition) is 2. The number of nitrogens with zero attached hydrogens (tertiary/aromatic N) is 1. The van der Waals surface area contributed by atoms with Crippen molar-refractivity contribution in [3.8, 4) is 0 Å². The van der Waals surface area contributed by atoms with E-state index < -0.39 is 5.60 Å². The van der Waals surface area contributed by atoms with Gasteiger partial charge in [0.15, 0.2) is 0 Å². The van der Waals surface area contributed by atoms with E-state index in [1.165, 1.54) is 23.3 Å². The van der Waals surface area contributed by atoms with E-state index in [-0.39, 0.29) is 11.2 Å². The van der Waals surface area contributed by atoms with Gasteiger partial charge in [-0.1, -0.05) is 72.8 Å². The number of carbonyl (C=O) groups is 1. The molecule has 3 aromatic carbocycles. The molecule has 0 spiro atoms. The highest BCUT2D eigenvalue weighted by Crippen LogP contribution is 2.37. The lowest BCUT2D eigenvalue weighted by Crippen LogP contribution is -2.44. The standard InChI is InChI=1S/C29H33FN2O2/c30-27-14-12-26(13-15-27)29(34)17-20-32(21-18-29)19-7-16-28(22-31-23-33,24-8-3-1-4-9-24)25-10-5-2-6-11-25/h1-6,8-15,23,34H,7,16-22H2,(H,31,33). The molecule has 0 saturated carbocycles. The van der Waals surface area contributed by atoms with Crippen LogP contribution >= 0.6 is 0 Å². The van der Waals surface area contributed by atoms with Crippen LogP contribution in [0.1, 0.15) is 42.4 Å². The molecule has 1 saturated heterocycles. The average Bonchev–Trinajstić information content (AvgIpc) is 2.89. The van der Waals surface area contributed by atoms with Crippen molar-refractivity contribution in [2.75, 3.05) is 26.2 Å². The van der Waals surface area contributed by atoms with Gasteiger partial charge in [0.1, 0.15) is 5.82 Å². The van der Waals surface area contributed by atoms with Crippen molar-refractivity contribution in [1.29, 1.82) is 0 Å². The Bertz CT molecular complexity index is 993.